The lowest BCUT2D eigenvalue weighted by Gasteiger charge is -2.36. The topological polar surface area (TPSA) is 54.8 Å². The third kappa shape index (κ3) is 2.87. The molecule has 2 unspecified atom stereocenters. The number of anilines is 1. The lowest BCUT2D eigenvalue weighted by atomic mass is 10.2. The fourth-order valence-electron chi connectivity index (χ4n) is 2.01. The molecule has 5 heteroatoms. The van der Waals surface area contributed by atoms with Crippen molar-refractivity contribution in [1.82, 2.24) is 4.98 Å². The van der Waals surface area contributed by atoms with Crippen LogP contribution in [0.2, 0.25) is 0 Å². The molecule has 2 heterocycles. The molecule has 0 amide bonds. The predicted octanol–water partition coefficient (Wildman–Crippen LogP) is 0.676. The van der Waals surface area contributed by atoms with Crippen LogP contribution in [0.4, 0.5) is 5.82 Å². The van der Waals surface area contributed by atoms with Crippen LogP contribution in [0, 0.1) is 0 Å². The Labute approximate surface area is 101 Å². The molecule has 1 aliphatic rings. The van der Waals surface area contributed by atoms with E-state index in [1.54, 1.807) is 13.3 Å². The molecule has 2 rings (SSSR count). The molecule has 0 aliphatic carbocycles. The van der Waals surface area contributed by atoms with Gasteiger partial charge in [-0.1, -0.05) is 0 Å². The van der Waals surface area contributed by atoms with Gasteiger partial charge in [0.25, 0.3) is 0 Å². The predicted molar refractivity (Wildman–Crippen MR) is 64.4 cm³/mol. The van der Waals surface area contributed by atoms with Gasteiger partial charge in [0.15, 0.2) is 0 Å². The zero-order valence-corrected chi connectivity index (χ0v) is 10.2. The third-order valence-electron chi connectivity index (χ3n) is 2.81. The smallest absolute Gasteiger partial charge is 0.137 e. The standard InChI is InChI=1S/C12H18N2O3/c1-9-6-14(7-11(8-15)17-9)12-4-3-10(16-2)5-13-12/h3-5,9,11,15H,6-8H2,1-2H3. The highest BCUT2D eigenvalue weighted by Gasteiger charge is 2.25. The molecule has 1 N–H and O–H groups in total. The summed E-state index contributed by atoms with van der Waals surface area (Å²) in [5.41, 5.74) is 0. The van der Waals surface area contributed by atoms with Gasteiger partial charge in [-0.05, 0) is 19.1 Å². The quantitative estimate of drug-likeness (QED) is 0.839. The second-order valence-electron chi connectivity index (χ2n) is 4.21. The summed E-state index contributed by atoms with van der Waals surface area (Å²) < 4.78 is 10.7. The second kappa shape index (κ2) is 5.33. The highest BCUT2D eigenvalue weighted by Crippen LogP contribution is 2.20. The number of nitrogens with zero attached hydrogens (tertiary/aromatic N) is 2. The van der Waals surface area contributed by atoms with Crippen LogP contribution < -0.4 is 9.64 Å². The average molecular weight is 238 g/mol. The summed E-state index contributed by atoms with van der Waals surface area (Å²) in [7, 11) is 1.62. The Bertz CT molecular complexity index is 355. The molecule has 1 aliphatic heterocycles. The zero-order chi connectivity index (χ0) is 12.3. The molecule has 1 fully saturated rings. The maximum atomic E-state index is 9.16. The van der Waals surface area contributed by atoms with Crippen LogP contribution >= 0.6 is 0 Å². The first-order chi connectivity index (χ1) is 8.22. The molecule has 0 spiro atoms. The molecule has 1 saturated heterocycles. The summed E-state index contributed by atoms with van der Waals surface area (Å²) >= 11 is 0. The van der Waals surface area contributed by atoms with Gasteiger partial charge in [-0.2, -0.15) is 0 Å². The van der Waals surface area contributed by atoms with Gasteiger partial charge < -0.3 is 19.5 Å². The maximum absolute atomic E-state index is 9.16. The first kappa shape index (κ1) is 12.1. The molecule has 0 saturated carbocycles. The van der Waals surface area contributed by atoms with Gasteiger partial charge in [0.2, 0.25) is 0 Å². The van der Waals surface area contributed by atoms with Crippen molar-refractivity contribution >= 4 is 5.82 Å². The highest BCUT2D eigenvalue weighted by atomic mass is 16.5. The van der Waals surface area contributed by atoms with Gasteiger partial charge in [-0.25, -0.2) is 4.98 Å². The molecule has 0 aromatic carbocycles. The summed E-state index contributed by atoms with van der Waals surface area (Å²) in [5.74, 6) is 1.63. The Morgan fingerprint density at radius 2 is 2.35 bits per heavy atom. The normalized spacial score (nSPS) is 24.8. The van der Waals surface area contributed by atoms with Crippen LogP contribution in [0.25, 0.3) is 0 Å². The van der Waals surface area contributed by atoms with Gasteiger partial charge >= 0.3 is 0 Å². The molecule has 1 aromatic rings. The number of pyridine rings is 1. The highest BCUT2D eigenvalue weighted by molar-refractivity contribution is 5.41. The van der Waals surface area contributed by atoms with Crippen molar-refractivity contribution in [3.63, 3.8) is 0 Å². The zero-order valence-electron chi connectivity index (χ0n) is 10.2. The number of aliphatic hydroxyl groups excluding tert-OH is 1. The van der Waals surface area contributed by atoms with E-state index in [0.29, 0.717) is 6.54 Å². The molecule has 0 radical (unpaired) electrons. The van der Waals surface area contributed by atoms with E-state index in [2.05, 4.69) is 9.88 Å². The summed E-state index contributed by atoms with van der Waals surface area (Å²) in [5, 5.41) is 9.16. The van der Waals surface area contributed by atoms with Crippen molar-refractivity contribution in [3.8, 4) is 5.75 Å². The molecule has 1 aromatic heterocycles. The van der Waals surface area contributed by atoms with Gasteiger partial charge in [-0.15, -0.1) is 0 Å². The van der Waals surface area contributed by atoms with Gasteiger partial charge in [0.05, 0.1) is 32.1 Å². The maximum Gasteiger partial charge on any atom is 0.137 e. The minimum atomic E-state index is -0.136. The number of rotatable bonds is 3. The van der Waals surface area contributed by atoms with Gasteiger partial charge in [-0.3, -0.25) is 0 Å². The summed E-state index contributed by atoms with van der Waals surface area (Å²) in [4.78, 5) is 6.46. The van der Waals surface area contributed by atoms with E-state index >= 15 is 0 Å². The van der Waals surface area contributed by atoms with E-state index in [9.17, 15) is 0 Å². The first-order valence-corrected chi connectivity index (χ1v) is 5.74. The molecular formula is C12H18N2O3. The number of ether oxygens (including phenoxy) is 2. The summed E-state index contributed by atoms with van der Waals surface area (Å²) in [6.07, 6.45) is 1.66. The number of aromatic nitrogens is 1. The fraction of sp³-hybridized carbons (Fsp3) is 0.583. The van der Waals surface area contributed by atoms with Crippen LogP contribution in [0.3, 0.4) is 0 Å². The SMILES string of the molecule is COc1ccc(N2CC(C)OC(CO)C2)nc1. The minimum absolute atomic E-state index is 0.0387. The van der Waals surface area contributed by atoms with Crippen molar-refractivity contribution in [3.05, 3.63) is 18.3 Å². The van der Waals surface area contributed by atoms with Crippen LogP contribution in [0.1, 0.15) is 6.92 Å². The van der Waals surface area contributed by atoms with Crippen molar-refractivity contribution < 1.29 is 14.6 Å². The van der Waals surface area contributed by atoms with Crippen LogP contribution in [-0.4, -0.2) is 49.1 Å². The number of methoxy groups -OCH3 is 1. The first-order valence-electron chi connectivity index (χ1n) is 5.74. The Morgan fingerprint density at radius 1 is 1.53 bits per heavy atom. The molecule has 94 valence electrons. The lowest BCUT2D eigenvalue weighted by Crippen LogP contribution is -2.48. The van der Waals surface area contributed by atoms with Crippen molar-refractivity contribution in [1.29, 1.82) is 0 Å². The van der Waals surface area contributed by atoms with E-state index in [1.165, 1.54) is 0 Å². The number of aliphatic hydroxyl groups is 1. The number of morpholine rings is 1. The number of hydrogen-bond acceptors (Lipinski definition) is 5. The number of hydrogen-bond donors (Lipinski definition) is 1. The van der Waals surface area contributed by atoms with Crippen LogP contribution in [0.15, 0.2) is 18.3 Å². The minimum Gasteiger partial charge on any atom is -0.495 e. The van der Waals surface area contributed by atoms with E-state index in [1.807, 2.05) is 19.1 Å². The largest absolute Gasteiger partial charge is 0.495 e. The Hall–Kier alpha value is -1.33. The fourth-order valence-corrected chi connectivity index (χ4v) is 2.01. The van der Waals surface area contributed by atoms with Crippen molar-refractivity contribution in [2.24, 2.45) is 0 Å². The van der Waals surface area contributed by atoms with Crippen LogP contribution in [0.5, 0.6) is 5.75 Å². The Balaban J connectivity index is 2.09. The Morgan fingerprint density at radius 3 is 2.94 bits per heavy atom. The molecule has 5 nitrogen and oxygen atoms in total. The van der Waals surface area contributed by atoms with Gasteiger partial charge in [0.1, 0.15) is 11.6 Å². The third-order valence-corrected chi connectivity index (χ3v) is 2.81. The van der Waals surface area contributed by atoms with Crippen molar-refractivity contribution in [2.45, 2.75) is 19.1 Å². The van der Waals surface area contributed by atoms with E-state index < -0.39 is 0 Å². The average Bonchev–Trinajstić information content (AvgIpc) is 2.38. The van der Waals surface area contributed by atoms with E-state index in [0.717, 1.165) is 18.1 Å². The Kier molecular flexibility index (Phi) is 3.81. The van der Waals surface area contributed by atoms with Gasteiger partial charge in [0, 0.05) is 13.1 Å². The van der Waals surface area contributed by atoms with Crippen molar-refractivity contribution in [2.75, 3.05) is 31.7 Å². The summed E-state index contributed by atoms with van der Waals surface area (Å²) in [6.45, 7) is 3.49. The molecule has 0 bridgehead atoms. The van der Waals surface area contributed by atoms with E-state index in [4.69, 9.17) is 14.6 Å². The van der Waals surface area contributed by atoms with E-state index in [-0.39, 0.29) is 18.8 Å². The lowest BCUT2D eigenvalue weighted by molar-refractivity contribution is -0.0423. The monoisotopic (exact) mass is 238 g/mol. The summed E-state index contributed by atoms with van der Waals surface area (Å²) in [6, 6.07) is 3.81. The second-order valence-corrected chi connectivity index (χ2v) is 4.21. The molecular weight excluding hydrogens is 220 g/mol. The molecule has 17 heavy (non-hydrogen) atoms. The molecule has 2 atom stereocenters. The van der Waals surface area contributed by atoms with Crippen LogP contribution in [-0.2, 0) is 4.74 Å².